The Labute approximate surface area is 129 Å². The van der Waals surface area contributed by atoms with Gasteiger partial charge in [-0.1, -0.05) is 31.0 Å². The zero-order chi connectivity index (χ0) is 15.8. The molecule has 0 heterocycles. The van der Waals surface area contributed by atoms with Crippen molar-refractivity contribution < 1.29 is 17.9 Å². The van der Waals surface area contributed by atoms with E-state index >= 15 is 0 Å². The van der Waals surface area contributed by atoms with E-state index in [1.807, 2.05) is 0 Å². The summed E-state index contributed by atoms with van der Waals surface area (Å²) in [6, 6.07) is 5.96. The summed E-state index contributed by atoms with van der Waals surface area (Å²) in [5.41, 5.74) is -0.801. The summed E-state index contributed by atoms with van der Waals surface area (Å²) in [7, 11) is 1.57. The number of rotatable bonds is 2. The monoisotopic (exact) mass is 312 g/mol. The van der Waals surface area contributed by atoms with E-state index in [0.29, 0.717) is 12.0 Å². The van der Waals surface area contributed by atoms with E-state index in [4.69, 9.17) is 4.74 Å². The van der Waals surface area contributed by atoms with Gasteiger partial charge < -0.3 is 4.74 Å². The fraction of sp³-hybridized carbons (Fsp3) is 0.667. The lowest BCUT2D eigenvalue weighted by atomic mass is 9.64. The highest BCUT2D eigenvalue weighted by molar-refractivity contribution is 5.35. The molecule has 0 saturated heterocycles. The average molecular weight is 312 g/mol. The Morgan fingerprint density at radius 1 is 0.955 bits per heavy atom. The Bertz CT molecular complexity index is 531. The van der Waals surface area contributed by atoms with Gasteiger partial charge in [-0.2, -0.15) is 13.2 Å². The first-order chi connectivity index (χ1) is 10.4. The Balaban J connectivity index is 2.04. The molecule has 122 valence electrons. The second-order valence-corrected chi connectivity index (χ2v) is 6.98. The standard InChI is InChI=1S/C18H23F3O/c1-22-17(12-6-11-16(13-17)9-4-5-10-16)14-7-2-3-8-15(14)18(19,20)21/h2-3,7-8H,4-6,9-13H2,1H3. The molecule has 0 bridgehead atoms. The molecule has 2 saturated carbocycles. The molecule has 1 aromatic carbocycles. The van der Waals surface area contributed by atoms with E-state index in [2.05, 4.69) is 0 Å². The molecule has 1 unspecified atom stereocenters. The summed E-state index contributed by atoms with van der Waals surface area (Å²) in [6.07, 6.45) is 3.80. The first-order valence-corrected chi connectivity index (χ1v) is 8.13. The Kier molecular flexibility index (Phi) is 4.00. The van der Waals surface area contributed by atoms with Gasteiger partial charge in [-0.05, 0) is 55.6 Å². The summed E-state index contributed by atoms with van der Waals surface area (Å²) >= 11 is 0. The van der Waals surface area contributed by atoms with E-state index in [-0.39, 0.29) is 5.41 Å². The number of halogens is 3. The van der Waals surface area contributed by atoms with Crippen molar-refractivity contribution >= 4 is 0 Å². The summed E-state index contributed by atoms with van der Waals surface area (Å²) < 4.78 is 46.1. The normalized spacial score (nSPS) is 28.2. The molecule has 22 heavy (non-hydrogen) atoms. The van der Waals surface area contributed by atoms with Crippen molar-refractivity contribution in [1.29, 1.82) is 0 Å². The molecule has 0 amide bonds. The van der Waals surface area contributed by atoms with Gasteiger partial charge in [0.05, 0.1) is 11.2 Å². The minimum Gasteiger partial charge on any atom is -0.373 e. The molecule has 1 spiro atoms. The first-order valence-electron chi connectivity index (χ1n) is 8.13. The van der Waals surface area contributed by atoms with Gasteiger partial charge in [0.2, 0.25) is 0 Å². The van der Waals surface area contributed by atoms with Crippen LogP contribution >= 0.6 is 0 Å². The number of alkyl halides is 3. The predicted molar refractivity (Wildman–Crippen MR) is 79.5 cm³/mol. The van der Waals surface area contributed by atoms with E-state index in [9.17, 15) is 13.2 Å². The second kappa shape index (κ2) is 5.55. The number of ether oxygens (including phenoxy) is 1. The van der Waals surface area contributed by atoms with Crippen LogP contribution in [0.4, 0.5) is 13.2 Å². The fourth-order valence-electron chi connectivity index (χ4n) is 4.72. The van der Waals surface area contributed by atoms with Crippen LogP contribution in [-0.2, 0) is 16.5 Å². The van der Waals surface area contributed by atoms with Crippen LogP contribution in [-0.4, -0.2) is 7.11 Å². The predicted octanol–water partition coefficient (Wildman–Crippen LogP) is 5.68. The highest BCUT2D eigenvalue weighted by Crippen LogP contribution is 2.57. The third-order valence-corrected chi connectivity index (χ3v) is 5.73. The van der Waals surface area contributed by atoms with Gasteiger partial charge >= 0.3 is 6.18 Å². The van der Waals surface area contributed by atoms with Gasteiger partial charge in [0.25, 0.3) is 0 Å². The fourth-order valence-corrected chi connectivity index (χ4v) is 4.72. The smallest absolute Gasteiger partial charge is 0.373 e. The third kappa shape index (κ3) is 2.66. The maximum atomic E-state index is 13.4. The maximum Gasteiger partial charge on any atom is 0.416 e. The number of methoxy groups -OCH3 is 1. The van der Waals surface area contributed by atoms with Crippen molar-refractivity contribution in [3.63, 3.8) is 0 Å². The van der Waals surface area contributed by atoms with Crippen molar-refractivity contribution in [3.8, 4) is 0 Å². The topological polar surface area (TPSA) is 9.23 Å². The molecular weight excluding hydrogens is 289 g/mol. The van der Waals surface area contributed by atoms with Crippen LogP contribution in [0.5, 0.6) is 0 Å². The molecule has 0 radical (unpaired) electrons. The summed E-state index contributed by atoms with van der Waals surface area (Å²) in [5, 5.41) is 0. The van der Waals surface area contributed by atoms with Crippen molar-refractivity contribution in [3.05, 3.63) is 35.4 Å². The first kappa shape index (κ1) is 15.9. The van der Waals surface area contributed by atoms with Crippen molar-refractivity contribution in [2.45, 2.75) is 63.1 Å². The van der Waals surface area contributed by atoms with E-state index in [1.165, 1.54) is 25.0 Å². The van der Waals surface area contributed by atoms with Crippen LogP contribution < -0.4 is 0 Å². The Morgan fingerprint density at radius 2 is 1.59 bits per heavy atom. The van der Waals surface area contributed by atoms with Crippen LogP contribution in [0.2, 0.25) is 0 Å². The van der Waals surface area contributed by atoms with Crippen LogP contribution in [0.25, 0.3) is 0 Å². The minimum atomic E-state index is -4.33. The van der Waals surface area contributed by atoms with Gasteiger partial charge in [0.1, 0.15) is 0 Å². The minimum absolute atomic E-state index is 0.187. The van der Waals surface area contributed by atoms with Crippen LogP contribution in [0, 0.1) is 5.41 Å². The van der Waals surface area contributed by atoms with Crippen molar-refractivity contribution in [2.24, 2.45) is 5.41 Å². The summed E-state index contributed by atoms with van der Waals surface area (Å²) in [5.74, 6) is 0. The van der Waals surface area contributed by atoms with Crippen LogP contribution in [0.1, 0.15) is 62.5 Å². The third-order valence-electron chi connectivity index (χ3n) is 5.73. The largest absolute Gasteiger partial charge is 0.416 e. The van der Waals surface area contributed by atoms with Gasteiger partial charge in [0.15, 0.2) is 0 Å². The highest BCUT2D eigenvalue weighted by Gasteiger charge is 2.49. The molecule has 2 fully saturated rings. The molecule has 1 nitrogen and oxygen atoms in total. The lowest BCUT2D eigenvalue weighted by Gasteiger charge is -2.46. The SMILES string of the molecule is COC1(c2ccccc2C(F)(F)F)CCCC2(CCCC2)C1. The summed E-state index contributed by atoms with van der Waals surface area (Å²) in [6.45, 7) is 0. The molecule has 4 heteroatoms. The molecule has 0 aromatic heterocycles. The maximum absolute atomic E-state index is 13.4. The lowest BCUT2D eigenvalue weighted by molar-refractivity contribution is -0.145. The number of hydrogen-bond acceptors (Lipinski definition) is 1. The molecule has 2 aliphatic carbocycles. The average Bonchev–Trinajstić information content (AvgIpc) is 2.94. The molecular formula is C18H23F3O. The highest BCUT2D eigenvalue weighted by atomic mass is 19.4. The zero-order valence-electron chi connectivity index (χ0n) is 13.0. The van der Waals surface area contributed by atoms with E-state index < -0.39 is 17.3 Å². The number of benzene rings is 1. The van der Waals surface area contributed by atoms with Gasteiger partial charge in [-0.15, -0.1) is 0 Å². The summed E-state index contributed by atoms with van der Waals surface area (Å²) in [4.78, 5) is 0. The molecule has 0 aliphatic heterocycles. The van der Waals surface area contributed by atoms with E-state index in [1.54, 1.807) is 19.2 Å². The molecule has 0 N–H and O–H groups in total. The van der Waals surface area contributed by atoms with Gasteiger partial charge in [-0.3, -0.25) is 0 Å². The second-order valence-electron chi connectivity index (χ2n) is 6.98. The Hall–Kier alpha value is -1.03. The zero-order valence-corrected chi connectivity index (χ0v) is 13.0. The van der Waals surface area contributed by atoms with Crippen molar-refractivity contribution in [1.82, 2.24) is 0 Å². The van der Waals surface area contributed by atoms with Crippen LogP contribution in [0.3, 0.4) is 0 Å². The molecule has 2 aliphatic rings. The molecule has 3 rings (SSSR count). The van der Waals surface area contributed by atoms with Gasteiger partial charge in [-0.25, -0.2) is 0 Å². The molecule has 1 aromatic rings. The van der Waals surface area contributed by atoms with Crippen LogP contribution in [0.15, 0.2) is 24.3 Å². The molecule has 1 atom stereocenters. The lowest BCUT2D eigenvalue weighted by Crippen LogP contribution is -2.41. The number of hydrogen-bond donors (Lipinski definition) is 0. The van der Waals surface area contributed by atoms with Gasteiger partial charge in [0, 0.05) is 7.11 Å². The Morgan fingerprint density at radius 3 is 2.23 bits per heavy atom. The van der Waals surface area contributed by atoms with Crippen molar-refractivity contribution in [2.75, 3.05) is 7.11 Å². The van der Waals surface area contributed by atoms with E-state index in [0.717, 1.165) is 32.1 Å². The quantitative estimate of drug-likeness (QED) is 0.682.